The molecular weight excluding hydrogens is 271 g/mol. The Bertz CT molecular complexity index is 321. The third kappa shape index (κ3) is 6.97. The number of hydrogen-bond donors (Lipinski definition) is 3. The quantitative estimate of drug-likeness (QED) is 0.686. The average molecular weight is 287 g/mol. The van der Waals surface area contributed by atoms with Crippen LogP contribution in [0.5, 0.6) is 0 Å². The Kier molecular flexibility index (Phi) is 6.77. The Hall–Kier alpha value is -1.35. The predicted molar refractivity (Wildman–Crippen MR) is 57.6 cm³/mol. The summed E-state index contributed by atoms with van der Waals surface area (Å²) in [6, 6.07) is -0.472. The molecule has 2 atom stereocenters. The fourth-order valence-corrected chi connectivity index (χ4v) is 1.49. The van der Waals surface area contributed by atoms with E-state index in [1.54, 1.807) is 11.8 Å². The first-order valence-electron chi connectivity index (χ1n) is 5.50. The minimum atomic E-state index is -5.08. The van der Waals surface area contributed by atoms with Gasteiger partial charge in [0.15, 0.2) is 0 Å². The van der Waals surface area contributed by atoms with E-state index in [4.69, 9.17) is 15.0 Å². The van der Waals surface area contributed by atoms with Crippen molar-refractivity contribution >= 4 is 11.9 Å². The van der Waals surface area contributed by atoms with E-state index in [1.807, 2.05) is 0 Å². The van der Waals surface area contributed by atoms with E-state index in [0.717, 1.165) is 19.4 Å². The van der Waals surface area contributed by atoms with E-state index < -0.39 is 24.2 Å². The second-order valence-corrected chi connectivity index (χ2v) is 4.11. The molecular formula is C10H16F3NO5. The van der Waals surface area contributed by atoms with Gasteiger partial charge >= 0.3 is 18.1 Å². The number of alkyl halides is 3. The van der Waals surface area contributed by atoms with Gasteiger partial charge in [0.2, 0.25) is 0 Å². The molecule has 1 aliphatic rings. The molecule has 112 valence electrons. The van der Waals surface area contributed by atoms with Crippen molar-refractivity contribution in [3.8, 4) is 0 Å². The Morgan fingerprint density at radius 2 is 1.79 bits per heavy atom. The topological polar surface area (TPSA) is 98.1 Å². The summed E-state index contributed by atoms with van der Waals surface area (Å²) >= 11 is 0. The summed E-state index contributed by atoms with van der Waals surface area (Å²) in [5.74, 6) is -3.57. The number of aliphatic carboxylic acids is 2. The van der Waals surface area contributed by atoms with Gasteiger partial charge < -0.3 is 15.3 Å². The smallest absolute Gasteiger partial charge is 0.480 e. The van der Waals surface area contributed by atoms with Gasteiger partial charge in [0.1, 0.15) is 6.04 Å². The maximum Gasteiger partial charge on any atom is 0.490 e. The van der Waals surface area contributed by atoms with Crippen LogP contribution in [0.4, 0.5) is 13.2 Å². The summed E-state index contributed by atoms with van der Waals surface area (Å²) in [5, 5.41) is 25.1. The maximum absolute atomic E-state index is 10.6. The molecule has 6 nitrogen and oxygen atoms in total. The zero-order valence-electron chi connectivity index (χ0n) is 10.2. The number of rotatable bonds is 2. The van der Waals surface area contributed by atoms with Crippen molar-refractivity contribution in [2.24, 2.45) is 0 Å². The Balaban J connectivity index is 0.000000399. The molecule has 0 radical (unpaired) electrons. The molecule has 0 saturated carbocycles. The fraction of sp³-hybridized carbons (Fsp3) is 0.800. The number of halogens is 3. The van der Waals surface area contributed by atoms with Crippen LogP contribution in [0.2, 0.25) is 0 Å². The number of piperidine rings is 1. The van der Waals surface area contributed by atoms with Crippen molar-refractivity contribution in [3.05, 3.63) is 0 Å². The SMILES string of the molecule is CC(C(=O)O)N1CCCC(O)C1.O=C(O)C(F)(F)F. The van der Waals surface area contributed by atoms with Gasteiger partial charge in [0.25, 0.3) is 0 Å². The fourth-order valence-electron chi connectivity index (χ4n) is 1.49. The first-order valence-corrected chi connectivity index (χ1v) is 5.50. The summed E-state index contributed by atoms with van der Waals surface area (Å²) in [6.07, 6.45) is -3.75. The molecule has 1 saturated heterocycles. The summed E-state index contributed by atoms with van der Waals surface area (Å²) in [5.41, 5.74) is 0. The molecule has 3 N–H and O–H groups in total. The molecule has 1 heterocycles. The zero-order valence-corrected chi connectivity index (χ0v) is 10.2. The molecule has 1 fully saturated rings. The van der Waals surface area contributed by atoms with Gasteiger partial charge in [0, 0.05) is 6.54 Å². The van der Waals surface area contributed by atoms with Crippen molar-refractivity contribution < 1.29 is 38.1 Å². The lowest BCUT2D eigenvalue weighted by Crippen LogP contribution is -2.46. The third-order valence-electron chi connectivity index (χ3n) is 2.58. The standard InChI is InChI=1S/C8H15NO3.C2HF3O2/c1-6(8(11)12)9-4-2-3-7(10)5-9;3-2(4,5)1(6)7/h6-7,10H,2-5H2,1H3,(H,11,12);(H,6,7). The number of carbonyl (C=O) groups is 2. The average Bonchev–Trinajstić information content (AvgIpc) is 2.27. The highest BCUT2D eigenvalue weighted by atomic mass is 19.4. The molecule has 0 spiro atoms. The molecule has 2 unspecified atom stereocenters. The largest absolute Gasteiger partial charge is 0.490 e. The molecule has 1 rings (SSSR count). The second-order valence-electron chi connectivity index (χ2n) is 4.11. The highest BCUT2D eigenvalue weighted by Crippen LogP contribution is 2.13. The van der Waals surface area contributed by atoms with Crippen LogP contribution in [0, 0.1) is 0 Å². The van der Waals surface area contributed by atoms with Gasteiger partial charge in [-0.25, -0.2) is 4.79 Å². The van der Waals surface area contributed by atoms with E-state index in [0.29, 0.717) is 6.54 Å². The van der Waals surface area contributed by atoms with E-state index in [2.05, 4.69) is 0 Å². The zero-order chi connectivity index (χ0) is 15.2. The van der Waals surface area contributed by atoms with E-state index in [9.17, 15) is 23.1 Å². The molecule has 0 aromatic carbocycles. The van der Waals surface area contributed by atoms with E-state index in [1.165, 1.54) is 0 Å². The summed E-state index contributed by atoms with van der Waals surface area (Å²) < 4.78 is 31.7. The van der Waals surface area contributed by atoms with Crippen molar-refractivity contribution in [2.45, 2.75) is 38.1 Å². The van der Waals surface area contributed by atoms with Gasteiger partial charge in [-0.15, -0.1) is 0 Å². The molecule has 1 aliphatic heterocycles. The number of carboxylic acid groups (broad SMARTS) is 2. The van der Waals surface area contributed by atoms with Crippen LogP contribution in [0.15, 0.2) is 0 Å². The van der Waals surface area contributed by atoms with Gasteiger partial charge in [0.05, 0.1) is 6.10 Å². The minimum absolute atomic E-state index is 0.347. The number of hydrogen-bond acceptors (Lipinski definition) is 4. The lowest BCUT2D eigenvalue weighted by molar-refractivity contribution is -0.192. The van der Waals surface area contributed by atoms with Crippen LogP contribution in [-0.4, -0.2) is 63.6 Å². The molecule has 0 aromatic rings. The third-order valence-corrected chi connectivity index (χ3v) is 2.58. The number of β-amino-alcohol motifs (C(OH)–C–C–N with tert-alkyl or cyclic N) is 1. The molecule has 9 heteroatoms. The monoisotopic (exact) mass is 287 g/mol. The van der Waals surface area contributed by atoms with Crippen LogP contribution < -0.4 is 0 Å². The number of carboxylic acids is 2. The maximum atomic E-state index is 10.6. The minimum Gasteiger partial charge on any atom is -0.480 e. The van der Waals surface area contributed by atoms with Crippen LogP contribution in [0.25, 0.3) is 0 Å². The van der Waals surface area contributed by atoms with Gasteiger partial charge in [-0.2, -0.15) is 13.2 Å². The van der Waals surface area contributed by atoms with Crippen LogP contribution in [-0.2, 0) is 9.59 Å². The van der Waals surface area contributed by atoms with Gasteiger partial charge in [-0.05, 0) is 26.3 Å². The van der Waals surface area contributed by atoms with Crippen molar-refractivity contribution in [2.75, 3.05) is 13.1 Å². The van der Waals surface area contributed by atoms with Crippen LogP contribution >= 0.6 is 0 Å². The lowest BCUT2D eigenvalue weighted by atomic mass is 10.1. The number of nitrogens with zero attached hydrogens (tertiary/aromatic N) is 1. The summed E-state index contributed by atoms with van der Waals surface area (Å²) in [7, 11) is 0. The lowest BCUT2D eigenvalue weighted by Gasteiger charge is -2.32. The first-order chi connectivity index (χ1) is 8.55. The Morgan fingerprint density at radius 3 is 2.11 bits per heavy atom. The predicted octanol–water partition coefficient (Wildman–Crippen LogP) is 0.549. The first kappa shape index (κ1) is 17.6. The van der Waals surface area contributed by atoms with Crippen molar-refractivity contribution in [3.63, 3.8) is 0 Å². The normalized spacial score (nSPS) is 22.1. The molecule has 19 heavy (non-hydrogen) atoms. The van der Waals surface area contributed by atoms with E-state index in [-0.39, 0.29) is 6.10 Å². The highest BCUT2D eigenvalue weighted by Gasteiger charge is 2.38. The Morgan fingerprint density at radius 1 is 1.32 bits per heavy atom. The molecule has 0 aromatic heterocycles. The summed E-state index contributed by atoms with van der Waals surface area (Å²) in [4.78, 5) is 21.3. The molecule has 0 aliphatic carbocycles. The number of aliphatic hydroxyl groups is 1. The number of aliphatic hydroxyl groups excluding tert-OH is 1. The molecule has 0 amide bonds. The number of likely N-dealkylation sites (tertiary alicyclic amines) is 1. The second kappa shape index (κ2) is 7.29. The van der Waals surface area contributed by atoms with Crippen LogP contribution in [0.3, 0.4) is 0 Å². The molecule has 0 bridgehead atoms. The Labute approximate surface area is 107 Å². The van der Waals surface area contributed by atoms with Crippen molar-refractivity contribution in [1.82, 2.24) is 4.90 Å². The summed E-state index contributed by atoms with van der Waals surface area (Å²) in [6.45, 7) is 2.93. The van der Waals surface area contributed by atoms with Gasteiger partial charge in [-0.3, -0.25) is 9.69 Å². The van der Waals surface area contributed by atoms with Gasteiger partial charge in [-0.1, -0.05) is 0 Å². The van der Waals surface area contributed by atoms with E-state index >= 15 is 0 Å². The van der Waals surface area contributed by atoms with Crippen molar-refractivity contribution in [1.29, 1.82) is 0 Å². The van der Waals surface area contributed by atoms with Crippen LogP contribution in [0.1, 0.15) is 19.8 Å². The highest BCUT2D eigenvalue weighted by molar-refractivity contribution is 5.73.